The number of hydrogen-bond donors (Lipinski definition) is 1. The number of nitrogens with one attached hydrogen (secondary N) is 1. The molecule has 7 nitrogen and oxygen atoms in total. The van der Waals surface area contributed by atoms with E-state index in [9.17, 15) is 22.8 Å². The van der Waals surface area contributed by atoms with Crippen molar-refractivity contribution < 1.29 is 32.2 Å². The molecule has 5 rings (SSSR count). The van der Waals surface area contributed by atoms with Crippen molar-refractivity contribution in [2.24, 2.45) is 0 Å². The van der Waals surface area contributed by atoms with E-state index < -0.39 is 35.3 Å². The minimum absolute atomic E-state index is 0.0664. The molecule has 1 heterocycles. The van der Waals surface area contributed by atoms with Crippen LogP contribution in [0.1, 0.15) is 44.0 Å². The molecule has 0 aliphatic heterocycles. The Morgan fingerprint density at radius 2 is 1.22 bits per heavy atom. The maximum atomic E-state index is 14.3. The molecule has 0 radical (unpaired) electrons. The highest BCUT2D eigenvalue weighted by molar-refractivity contribution is 5.96. The molecular weight excluding hydrogens is 595 g/mol. The summed E-state index contributed by atoms with van der Waals surface area (Å²) in [7, 11) is 0. The molecule has 1 amide bonds. The molecule has 234 valence electrons. The molecular formula is C36H30F3N3O4. The first-order valence-corrected chi connectivity index (χ1v) is 14.4. The minimum Gasteiger partial charge on any atom is -0.458 e. The highest BCUT2D eigenvalue weighted by Crippen LogP contribution is 2.37. The van der Waals surface area contributed by atoms with Gasteiger partial charge in [0.1, 0.15) is 12.1 Å². The van der Waals surface area contributed by atoms with Crippen LogP contribution in [0, 0.1) is 13.8 Å². The van der Waals surface area contributed by atoms with Gasteiger partial charge in [-0.25, -0.2) is 14.8 Å². The van der Waals surface area contributed by atoms with Gasteiger partial charge in [-0.1, -0.05) is 91.0 Å². The van der Waals surface area contributed by atoms with Crippen molar-refractivity contribution in [2.75, 3.05) is 0 Å². The number of benzene rings is 4. The number of carbonyl (C=O) groups excluding carboxylic acids is 2. The van der Waals surface area contributed by atoms with Gasteiger partial charge < -0.3 is 14.8 Å². The largest absolute Gasteiger partial charge is 0.458 e. The fraction of sp³-hybridized carbons (Fsp3) is 0.167. The van der Waals surface area contributed by atoms with Gasteiger partial charge in [0.15, 0.2) is 0 Å². The summed E-state index contributed by atoms with van der Waals surface area (Å²) in [4.78, 5) is 37.1. The molecule has 10 heteroatoms. The Morgan fingerprint density at radius 1 is 0.717 bits per heavy atom. The van der Waals surface area contributed by atoms with Gasteiger partial charge >= 0.3 is 18.2 Å². The second-order valence-corrected chi connectivity index (χ2v) is 10.6. The van der Waals surface area contributed by atoms with Gasteiger partial charge in [-0.15, -0.1) is 0 Å². The van der Waals surface area contributed by atoms with Crippen LogP contribution in [-0.2, 0) is 27.9 Å². The van der Waals surface area contributed by atoms with Gasteiger partial charge in [-0.3, -0.25) is 4.79 Å². The number of aryl methyl sites for hydroxylation is 2. The number of carbonyl (C=O) groups is 2. The molecule has 0 aliphatic rings. The molecule has 1 atom stereocenters. The van der Waals surface area contributed by atoms with Crippen molar-refractivity contribution in [1.82, 2.24) is 15.3 Å². The fourth-order valence-electron chi connectivity index (χ4n) is 5.11. The molecule has 1 N–H and O–H groups in total. The molecule has 46 heavy (non-hydrogen) atoms. The Hall–Kier alpha value is -5.51. The Morgan fingerprint density at radius 3 is 1.72 bits per heavy atom. The molecule has 1 aromatic heterocycles. The predicted molar refractivity (Wildman–Crippen MR) is 165 cm³/mol. The second-order valence-electron chi connectivity index (χ2n) is 10.6. The van der Waals surface area contributed by atoms with E-state index in [4.69, 9.17) is 9.47 Å². The zero-order valence-corrected chi connectivity index (χ0v) is 25.0. The maximum absolute atomic E-state index is 14.3. The van der Waals surface area contributed by atoms with Gasteiger partial charge in [-0.2, -0.15) is 13.2 Å². The van der Waals surface area contributed by atoms with Crippen LogP contribution >= 0.6 is 0 Å². The lowest BCUT2D eigenvalue weighted by Gasteiger charge is -2.40. The van der Waals surface area contributed by atoms with Gasteiger partial charge in [0, 0.05) is 17.0 Å². The SMILES string of the molecule is Cc1cc(C)nc(OC(C(=O)OCc2ccccc2)C(NC(=O)c2ccc(C(F)(F)F)cc2)(c2ccccc2)c2ccccc2)n1. The smallest absolute Gasteiger partial charge is 0.416 e. The number of alkyl halides is 3. The lowest BCUT2D eigenvalue weighted by Crippen LogP contribution is -2.60. The van der Waals surface area contributed by atoms with Crippen molar-refractivity contribution in [3.63, 3.8) is 0 Å². The number of nitrogens with zero attached hydrogens (tertiary/aromatic N) is 2. The van der Waals surface area contributed by atoms with Crippen molar-refractivity contribution in [3.8, 4) is 6.01 Å². The van der Waals surface area contributed by atoms with Crippen LogP contribution in [0.2, 0.25) is 0 Å². The maximum Gasteiger partial charge on any atom is 0.416 e. The normalized spacial score (nSPS) is 12.2. The second kappa shape index (κ2) is 13.6. The Balaban J connectivity index is 1.68. The summed E-state index contributed by atoms with van der Waals surface area (Å²) in [6.07, 6.45) is -6.19. The average Bonchev–Trinajstić information content (AvgIpc) is 3.05. The Kier molecular flexibility index (Phi) is 9.46. The third-order valence-corrected chi connectivity index (χ3v) is 7.26. The molecule has 0 bridgehead atoms. The standard InChI is InChI=1S/C36H30F3N3O4/c1-24-22-25(2)41-34(40-24)46-31(33(44)45-23-26-12-6-3-7-13-26)35(28-14-8-4-9-15-28,29-16-10-5-11-17-29)42-32(43)27-18-20-30(21-19-27)36(37,38)39/h3-22,31H,23H2,1-2H3,(H,42,43). The Labute approximate surface area is 264 Å². The van der Waals surface area contributed by atoms with Crippen LogP contribution in [0.15, 0.2) is 121 Å². The van der Waals surface area contributed by atoms with Crippen LogP contribution in [0.5, 0.6) is 6.01 Å². The number of halogens is 3. The summed E-state index contributed by atoms with van der Waals surface area (Å²) < 4.78 is 52.1. The molecule has 4 aromatic carbocycles. The molecule has 0 aliphatic carbocycles. The number of amides is 1. The molecule has 0 saturated carbocycles. The van der Waals surface area contributed by atoms with Gasteiger partial charge in [0.2, 0.25) is 6.10 Å². The first-order chi connectivity index (χ1) is 22.1. The van der Waals surface area contributed by atoms with Crippen molar-refractivity contribution in [2.45, 2.75) is 38.3 Å². The van der Waals surface area contributed by atoms with E-state index in [-0.39, 0.29) is 18.2 Å². The molecule has 5 aromatic rings. The number of aromatic nitrogens is 2. The van der Waals surface area contributed by atoms with E-state index in [2.05, 4.69) is 15.3 Å². The van der Waals surface area contributed by atoms with Gasteiger partial charge in [-0.05, 0) is 60.9 Å². The average molecular weight is 626 g/mol. The number of ether oxygens (including phenoxy) is 2. The molecule has 0 saturated heterocycles. The summed E-state index contributed by atoms with van der Waals surface area (Å²) in [6, 6.07) is 31.8. The van der Waals surface area contributed by atoms with Crippen LogP contribution in [0.3, 0.4) is 0 Å². The van der Waals surface area contributed by atoms with E-state index >= 15 is 0 Å². The molecule has 0 spiro atoms. The highest BCUT2D eigenvalue weighted by Gasteiger charge is 2.51. The highest BCUT2D eigenvalue weighted by atomic mass is 19.4. The number of esters is 1. The van der Waals surface area contributed by atoms with E-state index in [1.165, 1.54) is 0 Å². The molecule has 1 unspecified atom stereocenters. The lowest BCUT2D eigenvalue weighted by atomic mass is 9.77. The van der Waals surface area contributed by atoms with Gasteiger partial charge in [0.25, 0.3) is 5.91 Å². The summed E-state index contributed by atoms with van der Waals surface area (Å²) >= 11 is 0. The zero-order valence-electron chi connectivity index (χ0n) is 25.0. The number of hydrogen-bond acceptors (Lipinski definition) is 6. The molecule has 0 fully saturated rings. The fourth-order valence-corrected chi connectivity index (χ4v) is 5.11. The summed E-state index contributed by atoms with van der Waals surface area (Å²) in [5.74, 6) is -1.60. The van der Waals surface area contributed by atoms with Crippen LogP contribution in [-0.4, -0.2) is 27.9 Å². The van der Waals surface area contributed by atoms with E-state index in [1.54, 1.807) is 92.7 Å². The van der Waals surface area contributed by atoms with Crippen LogP contribution in [0.25, 0.3) is 0 Å². The summed E-state index contributed by atoms with van der Waals surface area (Å²) in [5, 5.41) is 2.96. The first-order valence-electron chi connectivity index (χ1n) is 14.4. The minimum atomic E-state index is -4.58. The third-order valence-electron chi connectivity index (χ3n) is 7.26. The quantitative estimate of drug-likeness (QED) is 0.169. The topological polar surface area (TPSA) is 90.4 Å². The monoisotopic (exact) mass is 625 g/mol. The lowest BCUT2D eigenvalue weighted by molar-refractivity contribution is -0.157. The third kappa shape index (κ3) is 7.23. The van der Waals surface area contributed by atoms with Crippen LogP contribution in [0.4, 0.5) is 13.2 Å². The Bertz CT molecular complexity index is 1720. The zero-order chi connectivity index (χ0) is 32.7. The summed E-state index contributed by atoms with van der Waals surface area (Å²) in [6.45, 7) is 3.40. The van der Waals surface area contributed by atoms with Crippen molar-refractivity contribution in [3.05, 3.63) is 161 Å². The van der Waals surface area contributed by atoms with Crippen molar-refractivity contribution in [1.29, 1.82) is 0 Å². The van der Waals surface area contributed by atoms with Gasteiger partial charge in [0.05, 0.1) is 5.56 Å². The predicted octanol–water partition coefficient (Wildman–Crippen LogP) is 6.98. The van der Waals surface area contributed by atoms with Crippen molar-refractivity contribution >= 4 is 11.9 Å². The van der Waals surface area contributed by atoms with E-state index in [0.29, 0.717) is 22.5 Å². The first kappa shape index (κ1) is 31.9. The van der Waals surface area contributed by atoms with Crippen LogP contribution < -0.4 is 10.1 Å². The van der Waals surface area contributed by atoms with E-state index in [0.717, 1.165) is 29.8 Å². The summed E-state index contributed by atoms with van der Waals surface area (Å²) in [5.41, 5.74) is 0.00533. The number of rotatable bonds is 10. The van der Waals surface area contributed by atoms with E-state index in [1.807, 2.05) is 18.2 Å².